The van der Waals surface area contributed by atoms with Gasteiger partial charge in [-0.15, -0.1) is 0 Å². The summed E-state index contributed by atoms with van der Waals surface area (Å²) in [6, 6.07) is 2.57. The molecule has 1 N–H and O–H groups in total. The zero-order valence-corrected chi connectivity index (χ0v) is 12.3. The second kappa shape index (κ2) is 6.50. The summed E-state index contributed by atoms with van der Waals surface area (Å²) in [5.74, 6) is 1.81. The van der Waals surface area contributed by atoms with Crippen LogP contribution in [0.25, 0.3) is 0 Å². The molecule has 1 unspecified atom stereocenters. The van der Waals surface area contributed by atoms with Crippen LogP contribution in [0.5, 0.6) is 0 Å². The van der Waals surface area contributed by atoms with E-state index in [1.807, 2.05) is 18.5 Å². The Labute approximate surface area is 121 Å². The minimum atomic E-state index is 0.703. The fraction of sp³-hybridized carbons (Fsp3) is 0.733. The van der Waals surface area contributed by atoms with Crippen molar-refractivity contribution in [3.8, 4) is 0 Å². The fourth-order valence-corrected chi connectivity index (χ4v) is 2.84. The van der Waals surface area contributed by atoms with E-state index in [-0.39, 0.29) is 0 Å². The van der Waals surface area contributed by atoms with Crippen LogP contribution in [0.1, 0.15) is 19.8 Å². The second-order valence-electron chi connectivity index (χ2n) is 5.96. The lowest BCUT2D eigenvalue weighted by molar-refractivity contribution is 0.252. The first-order chi connectivity index (χ1) is 9.83. The van der Waals surface area contributed by atoms with E-state index in [0.29, 0.717) is 6.04 Å². The van der Waals surface area contributed by atoms with Gasteiger partial charge in [-0.1, -0.05) is 0 Å². The Hall–Kier alpha value is -1.20. The summed E-state index contributed by atoms with van der Waals surface area (Å²) in [7, 11) is 0. The molecule has 1 aliphatic heterocycles. The molecule has 2 heterocycles. The van der Waals surface area contributed by atoms with E-state index in [4.69, 9.17) is 0 Å². The Kier molecular flexibility index (Phi) is 4.47. The lowest BCUT2D eigenvalue weighted by Gasteiger charge is -2.34. The number of nitrogens with one attached hydrogen (secondary N) is 1. The molecule has 1 aromatic heterocycles. The van der Waals surface area contributed by atoms with Gasteiger partial charge in [0.05, 0.1) is 0 Å². The highest BCUT2D eigenvalue weighted by Gasteiger charge is 2.27. The van der Waals surface area contributed by atoms with Crippen molar-refractivity contribution in [2.45, 2.75) is 25.8 Å². The first-order valence-electron chi connectivity index (χ1n) is 7.80. The Morgan fingerprint density at radius 3 is 2.55 bits per heavy atom. The van der Waals surface area contributed by atoms with Gasteiger partial charge in [0, 0.05) is 57.7 Å². The third kappa shape index (κ3) is 3.67. The zero-order chi connectivity index (χ0) is 13.8. The van der Waals surface area contributed by atoms with Crippen LogP contribution in [0.2, 0.25) is 0 Å². The molecule has 0 aromatic carbocycles. The maximum atomic E-state index is 4.32. The molecular formula is C15H25N5. The van der Waals surface area contributed by atoms with Crippen LogP contribution in [0.3, 0.4) is 0 Å². The Balaban J connectivity index is 1.36. The van der Waals surface area contributed by atoms with Crippen molar-refractivity contribution in [3.63, 3.8) is 0 Å². The predicted molar refractivity (Wildman–Crippen MR) is 80.9 cm³/mol. The van der Waals surface area contributed by atoms with Crippen molar-refractivity contribution in [1.82, 2.24) is 20.2 Å². The van der Waals surface area contributed by atoms with Crippen molar-refractivity contribution in [3.05, 3.63) is 18.5 Å². The van der Waals surface area contributed by atoms with Crippen LogP contribution in [-0.2, 0) is 0 Å². The molecule has 0 radical (unpaired) electrons. The lowest BCUT2D eigenvalue weighted by atomic mass is 10.2. The average molecular weight is 275 g/mol. The number of aromatic nitrogens is 2. The Morgan fingerprint density at radius 1 is 1.20 bits per heavy atom. The van der Waals surface area contributed by atoms with Crippen LogP contribution in [0.4, 0.5) is 5.95 Å². The summed E-state index contributed by atoms with van der Waals surface area (Å²) < 4.78 is 0. The van der Waals surface area contributed by atoms with Gasteiger partial charge in [-0.05, 0) is 31.7 Å². The second-order valence-corrected chi connectivity index (χ2v) is 5.96. The molecule has 5 heteroatoms. The Morgan fingerprint density at radius 2 is 1.90 bits per heavy atom. The third-order valence-corrected chi connectivity index (χ3v) is 4.43. The smallest absolute Gasteiger partial charge is 0.225 e. The number of rotatable bonds is 6. The molecule has 0 bridgehead atoms. The van der Waals surface area contributed by atoms with E-state index in [0.717, 1.165) is 51.1 Å². The molecule has 1 atom stereocenters. The molecular weight excluding hydrogens is 250 g/mol. The molecule has 3 rings (SSSR count). The summed E-state index contributed by atoms with van der Waals surface area (Å²) >= 11 is 0. The van der Waals surface area contributed by atoms with Crippen molar-refractivity contribution in [2.75, 3.05) is 44.2 Å². The highest BCUT2D eigenvalue weighted by atomic mass is 15.3. The van der Waals surface area contributed by atoms with Crippen LogP contribution >= 0.6 is 0 Å². The minimum Gasteiger partial charge on any atom is -0.338 e. The molecule has 0 spiro atoms. The minimum absolute atomic E-state index is 0.703. The van der Waals surface area contributed by atoms with Crippen LogP contribution < -0.4 is 10.2 Å². The normalized spacial score (nSPS) is 21.9. The van der Waals surface area contributed by atoms with Gasteiger partial charge in [0.1, 0.15) is 0 Å². The summed E-state index contributed by atoms with van der Waals surface area (Å²) in [5.41, 5.74) is 0. The van der Waals surface area contributed by atoms with Crippen molar-refractivity contribution in [2.24, 2.45) is 5.92 Å². The van der Waals surface area contributed by atoms with Crippen molar-refractivity contribution >= 4 is 5.95 Å². The van der Waals surface area contributed by atoms with Gasteiger partial charge in [-0.2, -0.15) is 0 Å². The van der Waals surface area contributed by atoms with Crippen LogP contribution in [0, 0.1) is 5.92 Å². The molecule has 1 saturated heterocycles. The molecule has 5 nitrogen and oxygen atoms in total. The largest absolute Gasteiger partial charge is 0.338 e. The number of hydrogen-bond acceptors (Lipinski definition) is 5. The molecule has 2 fully saturated rings. The topological polar surface area (TPSA) is 44.3 Å². The average Bonchev–Trinajstić information content (AvgIpc) is 3.33. The molecule has 1 saturated carbocycles. The molecule has 1 aliphatic carbocycles. The summed E-state index contributed by atoms with van der Waals surface area (Å²) in [4.78, 5) is 13.5. The SMILES string of the molecule is CC(NCCN1CCN(c2ncccn2)CC1)C1CC1. The predicted octanol–water partition coefficient (Wildman–Crippen LogP) is 0.987. The van der Waals surface area contributed by atoms with Crippen molar-refractivity contribution < 1.29 is 0 Å². The standard InChI is InChI=1S/C15H25N5/c1-13(14-3-4-14)16-7-8-19-9-11-20(12-10-19)15-17-5-2-6-18-15/h2,5-6,13-14,16H,3-4,7-12H2,1H3. The first-order valence-corrected chi connectivity index (χ1v) is 7.80. The Bertz CT molecular complexity index is 398. The zero-order valence-electron chi connectivity index (χ0n) is 12.3. The quantitative estimate of drug-likeness (QED) is 0.838. The number of hydrogen-bond donors (Lipinski definition) is 1. The van der Waals surface area contributed by atoms with Gasteiger partial charge in [-0.3, -0.25) is 4.90 Å². The molecule has 110 valence electrons. The van der Waals surface area contributed by atoms with E-state index >= 15 is 0 Å². The highest BCUT2D eigenvalue weighted by Crippen LogP contribution is 2.32. The number of piperazine rings is 1. The van der Waals surface area contributed by atoms with Crippen molar-refractivity contribution in [1.29, 1.82) is 0 Å². The van der Waals surface area contributed by atoms with E-state index in [2.05, 4.69) is 32.0 Å². The molecule has 20 heavy (non-hydrogen) atoms. The van der Waals surface area contributed by atoms with Gasteiger partial charge in [0.25, 0.3) is 0 Å². The van der Waals surface area contributed by atoms with E-state index < -0.39 is 0 Å². The van der Waals surface area contributed by atoms with Gasteiger partial charge < -0.3 is 10.2 Å². The maximum absolute atomic E-state index is 4.32. The molecule has 1 aromatic rings. The van der Waals surface area contributed by atoms with E-state index in [1.165, 1.54) is 12.8 Å². The van der Waals surface area contributed by atoms with E-state index in [9.17, 15) is 0 Å². The summed E-state index contributed by atoms with van der Waals surface area (Å²) in [5, 5.41) is 3.65. The lowest BCUT2D eigenvalue weighted by Crippen LogP contribution is -2.49. The maximum Gasteiger partial charge on any atom is 0.225 e. The van der Waals surface area contributed by atoms with Gasteiger partial charge >= 0.3 is 0 Å². The first kappa shape index (κ1) is 13.8. The molecule has 2 aliphatic rings. The number of anilines is 1. The highest BCUT2D eigenvalue weighted by molar-refractivity contribution is 5.29. The van der Waals surface area contributed by atoms with Gasteiger partial charge in [-0.25, -0.2) is 9.97 Å². The van der Waals surface area contributed by atoms with E-state index in [1.54, 1.807) is 0 Å². The fourth-order valence-electron chi connectivity index (χ4n) is 2.84. The van der Waals surface area contributed by atoms with Gasteiger partial charge in [0.15, 0.2) is 0 Å². The summed E-state index contributed by atoms with van der Waals surface area (Å²) in [6.07, 6.45) is 6.48. The van der Waals surface area contributed by atoms with Gasteiger partial charge in [0.2, 0.25) is 5.95 Å². The third-order valence-electron chi connectivity index (χ3n) is 4.43. The monoisotopic (exact) mass is 275 g/mol. The molecule has 0 amide bonds. The van der Waals surface area contributed by atoms with Crippen LogP contribution in [-0.4, -0.2) is 60.2 Å². The summed E-state index contributed by atoms with van der Waals surface area (Å²) in [6.45, 7) is 8.86. The number of nitrogens with zero attached hydrogens (tertiary/aromatic N) is 4. The van der Waals surface area contributed by atoms with Crippen LogP contribution in [0.15, 0.2) is 18.5 Å².